The maximum absolute atomic E-state index is 8.32. The fraction of sp³-hybridized carbons (Fsp3) is 1.00. The highest BCUT2D eigenvalue weighted by Gasteiger charge is 2.35. The SMILES string of the molecule is O[Si](O)(O)CC[Si](O)(O)O. The lowest BCUT2D eigenvalue weighted by atomic mass is 11.0. The molecule has 0 unspecified atom stereocenters. The van der Waals surface area contributed by atoms with Crippen LogP contribution in [0.25, 0.3) is 0 Å². The summed E-state index contributed by atoms with van der Waals surface area (Å²) < 4.78 is 0. The Labute approximate surface area is 59.4 Å². The van der Waals surface area contributed by atoms with Crippen LogP contribution in [0.1, 0.15) is 0 Å². The van der Waals surface area contributed by atoms with Gasteiger partial charge in [0.25, 0.3) is 0 Å². The second-order valence-electron chi connectivity index (χ2n) is 2.05. The van der Waals surface area contributed by atoms with E-state index in [1.165, 1.54) is 0 Å². The standard InChI is InChI=1S/C2H10O6Si2/c3-9(4,5)1-2-10(6,7)8/h3-8H,1-2H2. The second kappa shape index (κ2) is 3.06. The van der Waals surface area contributed by atoms with Gasteiger partial charge < -0.3 is 28.8 Å². The zero-order valence-corrected chi connectivity index (χ0v) is 7.10. The van der Waals surface area contributed by atoms with Crippen molar-refractivity contribution in [1.82, 2.24) is 0 Å². The van der Waals surface area contributed by atoms with Gasteiger partial charge in [0.05, 0.1) is 0 Å². The molecule has 0 fully saturated rings. The predicted octanol–water partition coefficient (Wildman–Crippen LogP) is -3.18. The van der Waals surface area contributed by atoms with E-state index in [9.17, 15) is 0 Å². The Morgan fingerprint density at radius 2 is 0.800 bits per heavy atom. The van der Waals surface area contributed by atoms with Crippen molar-refractivity contribution in [2.45, 2.75) is 12.1 Å². The first-order valence-electron chi connectivity index (χ1n) is 2.55. The fourth-order valence-electron chi connectivity index (χ4n) is 0.335. The van der Waals surface area contributed by atoms with E-state index in [-0.39, 0.29) is 0 Å². The molecule has 0 rings (SSSR count). The normalized spacial score (nSPS) is 13.8. The molecule has 8 heteroatoms. The average molecular weight is 186 g/mol. The largest absolute Gasteiger partial charge is 0.492 e. The summed E-state index contributed by atoms with van der Waals surface area (Å²) in [5.41, 5.74) is 0. The van der Waals surface area contributed by atoms with Crippen LogP contribution < -0.4 is 0 Å². The molecule has 0 spiro atoms. The van der Waals surface area contributed by atoms with Gasteiger partial charge >= 0.3 is 17.6 Å². The lowest BCUT2D eigenvalue weighted by Gasteiger charge is -2.12. The van der Waals surface area contributed by atoms with Gasteiger partial charge in [0.1, 0.15) is 0 Å². The third-order valence-corrected chi connectivity index (χ3v) is 3.14. The predicted molar refractivity (Wildman–Crippen MR) is 34.4 cm³/mol. The van der Waals surface area contributed by atoms with Gasteiger partial charge in [-0.3, -0.25) is 0 Å². The van der Waals surface area contributed by atoms with E-state index < -0.39 is 29.7 Å². The molecule has 62 valence electrons. The first-order valence-corrected chi connectivity index (χ1v) is 6.65. The topological polar surface area (TPSA) is 121 Å². The number of hydrogen-bond donors (Lipinski definition) is 6. The van der Waals surface area contributed by atoms with Crippen molar-refractivity contribution in [2.24, 2.45) is 0 Å². The van der Waals surface area contributed by atoms with Crippen LogP contribution in [0.2, 0.25) is 12.1 Å². The van der Waals surface area contributed by atoms with Gasteiger partial charge in [-0.15, -0.1) is 0 Å². The molecule has 0 bridgehead atoms. The summed E-state index contributed by atoms with van der Waals surface area (Å²) in [4.78, 5) is 49.9. The van der Waals surface area contributed by atoms with Gasteiger partial charge in [0.2, 0.25) is 0 Å². The third kappa shape index (κ3) is 8.19. The molecule has 0 aliphatic carbocycles. The maximum atomic E-state index is 8.32. The van der Waals surface area contributed by atoms with Gasteiger partial charge in [0, 0.05) is 12.1 Å². The summed E-state index contributed by atoms with van der Waals surface area (Å²) in [7, 11) is -8.42. The Bertz CT molecular complexity index is 87.3. The molecule has 0 radical (unpaired) electrons. The molecule has 0 aromatic rings. The molecule has 0 saturated heterocycles. The van der Waals surface area contributed by atoms with Crippen molar-refractivity contribution in [3.05, 3.63) is 0 Å². The van der Waals surface area contributed by atoms with Crippen LogP contribution in [0.4, 0.5) is 0 Å². The van der Waals surface area contributed by atoms with Crippen LogP contribution in [0, 0.1) is 0 Å². The molecule has 6 N–H and O–H groups in total. The van der Waals surface area contributed by atoms with E-state index in [0.717, 1.165) is 0 Å². The van der Waals surface area contributed by atoms with Crippen LogP contribution >= 0.6 is 0 Å². The van der Waals surface area contributed by atoms with Crippen molar-refractivity contribution in [3.63, 3.8) is 0 Å². The first kappa shape index (κ1) is 10.2. The minimum Gasteiger partial charge on any atom is -0.390 e. The second-order valence-corrected chi connectivity index (χ2v) is 6.15. The summed E-state index contributed by atoms with van der Waals surface area (Å²) in [5, 5.41) is 0. The van der Waals surface area contributed by atoms with E-state index in [2.05, 4.69) is 0 Å². The van der Waals surface area contributed by atoms with Gasteiger partial charge in [-0.1, -0.05) is 0 Å². The molecular weight excluding hydrogens is 176 g/mol. The van der Waals surface area contributed by atoms with Crippen molar-refractivity contribution in [2.75, 3.05) is 0 Å². The minimum absolute atomic E-state index is 0.553. The lowest BCUT2D eigenvalue weighted by Crippen LogP contribution is -2.41. The Hall–Kier alpha value is 0.194. The van der Waals surface area contributed by atoms with Crippen LogP contribution in [-0.2, 0) is 0 Å². The van der Waals surface area contributed by atoms with Gasteiger partial charge in [-0.2, -0.15) is 0 Å². The summed E-state index contributed by atoms with van der Waals surface area (Å²) >= 11 is 0. The number of rotatable bonds is 3. The quantitative estimate of drug-likeness (QED) is 0.258. The monoisotopic (exact) mass is 186 g/mol. The fourth-order valence-corrected chi connectivity index (χ4v) is 3.02. The summed E-state index contributed by atoms with van der Waals surface area (Å²) in [6.45, 7) is 0. The molecule has 0 atom stereocenters. The Balaban J connectivity index is 3.56. The molecule has 0 amide bonds. The van der Waals surface area contributed by atoms with E-state index >= 15 is 0 Å². The van der Waals surface area contributed by atoms with Crippen molar-refractivity contribution < 1.29 is 28.8 Å². The van der Waals surface area contributed by atoms with E-state index in [1.54, 1.807) is 0 Å². The van der Waals surface area contributed by atoms with Crippen LogP contribution in [0.3, 0.4) is 0 Å². The zero-order chi connectivity index (χ0) is 8.41. The van der Waals surface area contributed by atoms with Crippen LogP contribution in [0.5, 0.6) is 0 Å². The molecular formula is C2H10O6Si2. The Kier molecular flexibility index (Phi) is 3.12. The third-order valence-electron chi connectivity index (χ3n) is 0.796. The molecule has 0 aromatic heterocycles. The molecule has 0 saturated carbocycles. The highest BCUT2D eigenvalue weighted by molar-refractivity contribution is 6.62. The van der Waals surface area contributed by atoms with Crippen molar-refractivity contribution in [3.8, 4) is 0 Å². The summed E-state index contributed by atoms with van der Waals surface area (Å²) in [6, 6.07) is -1.11. The van der Waals surface area contributed by atoms with E-state index in [0.29, 0.717) is 0 Å². The minimum atomic E-state index is -4.21. The van der Waals surface area contributed by atoms with Crippen molar-refractivity contribution >= 4 is 17.6 Å². The molecule has 0 aromatic carbocycles. The van der Waals surface area contributed by atoms with E-state index in [4.69, 9.17) is 28.8 Å². The molecule has 0 aliphatic heterocycles. The molecule has 10 heavy (non-hydrogen) atoms. The smallest absolute Gasteiger partial charge is 0.390 e. The Morgan fingerprint density at radius 1 is 0.600 bits per heavy atom. The number of hydrogen-bond acceptors (Lipinski definition) is 6. The van der Waals surface area contributed by atoms with Crippen molar-refractivity contribution in [1.29, 1.82) is 0 Å². The van der Waals surface area contributed by atoms with E-state index in [1.807, 2.05) is 0 Å². The Morgan fingerprint density at radius 3 is 0.900 bits per heavy atom. The van der Waals surface area contributed by atoms with Gasteiger partial charge in [-0.25, -0.2) is 0 Å². The molecule has 0 heterocycles. The van der Waals surface area contributed by atoms with Gasteiger partial charge in [0.15, 0.2) is 0 Å². The zero-order valence-electron chi connectivity index (χ0n) is 5.10. The lowest BCUT2D eigenvalue weighted by molar-refractivity contribution is 0.208. The van der Waals surface area contributed by atoms with Gasteiger partial charge in [-0.05, 0) is 0 Å². The van der Waals surface area contributed by atoms with Crippen LogP contribution in [0.15, 0.2) is 0 Å². The summed E-state index contributed by atoms with van der Waals surface area (Å²) in [5.74, 6) is 0. The highest BCUT2D eigenvalue weighted by Crippen LogP contribution is 2.07. The highest BCUT2D eigenvalue weighted by atomic mass is 28.4. The van der Waals surface area contributed by atoms with Crippen LogP contribution in [-0.4, -0.2) is 46.4 Å². The first-order chi connectivity index (χ1) is 4.21. The molecule has 0 aliphatic rings. The molecule has 6 nitrogen and oxygen atoms in total. The summed E-state index contributed by atoms with van der Waals surface area (Å²) in [6.07, 6.45) is 0. The maximum Gasteiger partial charge on any atom is 0.492 e. The average Bonchev–Trinajstić information content (AvgIpc) is 1.57.